The molecule has 1 aliphatic heterocycles. The number of ether oxygens (including phenoxy) is 1. The number of hydrogen-bond donors (Lipinski definition) is 1. The summed E-state index contributed by atoms with van der Waals surface area (Å²) in [6.45, 7) is 3.41. The Bertz CT molecular complexity index is 658. The molecule has 1 fully saturated rings. The Kier molecular flexibility index (Phi) is 5.98. The van der Waals surface area contributed by atoms with E-state index in [9.17, 15) is 9.90 Å². The van der Waals surface area contributed by atoms with Crippen molar-refractivity contribution in [1.29, 1.82) is 0 Å². The van der Waals surface area contributed by atoms with Crippen LogP contribution >= 0.6 is 0 Å². The second kappa shape index (κ2) is 8.60. The standard InChI is InChI=1S/C19H23N3O3/c23-18(16-5-2-1-3-6-16)14-21-9-11-22(12-10-21)19(24)15-25-17-7-4-8-20-13-17/h1-8,13,18,23H,9-12,14-15H2/t18-/m0/s1. The average Bonchev–Trinajstić information content (AvgIpc) is 2.68. The van der Waals surface area contributed by atoms with Gasteiger partial charge in [-0.2, -0.15) is 0 Å². The van der Waals surface area contributed by atoms with Crippen molar-refractivity contribution in [2.75, 3.05) is 39.3 Å². The van der Waals surface area contributed by atoms with E-state index in [2.05, 4.69) is 9.88 Å². The van der Waals surface area contributed by atoms with E-state index in [0.717, 1.165) is 18.7 Å². The molecule has 1 aliphatic rings. The third kappa shape index (κ3) is 5.01. The first kappa shape index (κ1) is 17.4. The summed E-state index contributed by atoms with van der Waals surface area (Å²) in [7, 11) is 0. The molecule has 0 radical (unpaired) electrons. The van der Waals surface area contributed by atoms with Crippen LogP contribution in [0.25, 0.3) is 0 Å². The Hall–Kier alpha value is -2.44. The smallest absolute Gasteiger partial charge is 0.260 e. The molecule has 1 saturated heterocycles. The van der Waals surface area contributed by atoms with Gasteiger partial charge in [-0.25, -0.2) is 0 Å². The number of benzene rings is 1. The zero-order valence-electron chi connectivity index (χ0n) is 14.1. The molecule has 1 aromatic carbocycles. The third-order valence-electron chi connectivity index (χ3n) is 4.34. The van der Waals surface area contributed by atoms with E-state index in [1.165, 1.54) is 0 Å². The Labute approximate surface area is 147 Å². The van der Waals surface area contributed by atoms with Crippen LogP contribution < -0.4 is 4.74 Å². The molecule has 6 heteroatoms. The monoisotopic (exact) mass is 341 g/mol. The number of amides is 1. The van der Waals surface area contributed by atoms with E-state index < -0.39 is 6.10 Å². The van der Waals surface area contributed by atoms with Gasteiger partial charge in [-0.15, -0.1) is 0 Å². The number of aliphatic hydroxyl groups excluding tert-OH is 1. The number of aliphatic hydroxyl groups is 1. The summed E-state index contributed by atoms with van der Waals surface area (Å²) in [4.78, 5) is 20.2. The highest BCUT2D eigenvalue weighted by molar-refractivity contribution is 5.77. The lowest BCUT2D eigenvalue weighted by Gasteiger charge is -2.35. The van der Waals surface area contributed by atoms with E-state index in [4.69, 9.17) is 4.74 Å². The summed E-state index contributed by atoms with van der Waals surface area (Å²) in [5.41, 5.74) is 0.922. The van der Waals surface area contributed by atoms with Crippen LogP contribution in [0.5, 0.6) is 5.75 Å². The molecule has 1 atom stereocenters. The molecule has 1 amide bonds. The molecule has 0 aliphatic carbocycles. The van der Waals surface area contributed by atoms with Crippen molar-refractivity contribution >= 4 is 5.91 Å². The van der Waals surface area contributed by atoms with Gasteiger partial charge in [-0.3, -0.25) is 14.7 Å². The van der Waals surface area contributed by atoms with Crippen molar-refractivity contribution in [3.05, 3.63) is 60.4 Å². The molecular weight excluding hydrogens is 318 g/mol. The van der Waals surface area contributed by atoms with Gasteiger partial charge < -0.3 is 14.7 Å². The Morgan fingerprint density at radius 2 is 1.88 bits per heavy atom. The van der Waals surface area contributed by atoms with Crippen molar-refractivity contribution in [2.24, 2.45) is 0 Å². The number of rotatable bonds is 6. The van der Waals surface area contributed by atoms with E-state index in [1.807, 2.05) is 35.2 Å². The van der Waals surface area contributed by atoms with Crippen LogP contribution in [0, 0.1) is 0 Å². The molecule has 2 heterocycles. The summed E-state index contributed by atoms with van der Waals surface area (Å²) in [5, 5.41) is 10.3. The summed E-state index contributed by atoms with van der Waals surface area (Å²) in [5.74, 6) is 0.576. The molecular formula is C19H23N3O3. The molecule has 0 spiro atoms. The lowest BCUT2D eigenvalue weighted by atomic mass is 10.1. The molecule has 1 aromatic heterocycles. The maximum absolute atomic E-state index is 12.2. The highest BCUT2D eigenvalue weighted by Gasteiger charge is 2.23. The number of pyridine rings is 1. The van der Waals surface area contributed by atoms with Crippen LogP contribution in [0.4, 0.5) is 0 Å². The molecule has 2 aromatic rings. The molecule has 0 unspecified atom stereocenters. The fourth-order valence-corrected chi connectivity index (χ4v) is 2.87. The summed E-state index contributed by atoms with van der Waals surface area (Å²) >= 11 is 0. The molecule has 0 bridgehead atoms. The van der Waals surface area contributed by atoms with Crippen LogP contribution in [0.15, 0.2) is 54.9 Å². The zero-order chi connectivity index (χ0) is 17.5. The van der Waals surface area contributed by atoms with Gasteiger partial charge in [0, 0.05) is 38.9 Å². The molecule has 3 rings (SSSR count). The lowest BCUT2D eigenvalue weighted by Crippen LogP contribution is -2.50. The summed E-state index contributed by atoms with van der Waals surface area (Å²) in [6.07, 6.45) is 2.76. The van der Waals surface area contributed by atoms with Gasteiger partial charge in [-0.1, -0.05) is 30.3 Å². The first-order valence-corrected chi connectivity index (χ1v) is 8.48. The SMILES string of the molecule is O=C(COc1cccnc1)N1CCN(C[C@H](O)c2ccccc2)CC1. The molecule has 0 saturated carbocycles. The number of carbonyl (C=O) groups is 1. The van der Waals surface area contributed by atoms with Gasteiger partial charge in [0.25, 0.3) is 5.91 Å². The number of nitrogens with zero attached hydrogens (tertiary/aromatic N) is 3. The van der Waals surface area contributed by atoms with Crippen molar-refractivity contribution in [3.8, 4) is 5.75 Å². The van der Waals surface area contributed by atoms with Crippen LogP contribution in [-0.2, 0) is 4.79 Å². The van der Waals surface area contributed by atoms with Crippen molar-refractivity contribution in [2.45, 2.75) is 6.10 Å². The number of piperazine rings is 1. The predicted molar refractivity (Wildman–Crippen MR) is 94.2 cm³/mol. The van der Waals surface area contributed by atoms with Gasteiger partial charge >= 0.3 is 0 Å². The van der Waals surface area contributed by atoms with Crippen LogP contribution in [0.3, 0.4) is 0 Å². The summed E-state index contributed by atoms with van der Waals surface area (Å²) < 4.78 is 5.46. The van der Waals surface area contributed by atoms with Gasteiger partial charge in [0.05, 0.1) is 12.3 Å². The number of carbonyl (C=O) groups excluding carboxylic acids is 1. The van der Waals surface area contributed by atoms with Crippen LogP contribution in [0.1, 0.15) is 11.7 Å². The van der Waals surface area contributed by atoms with Crippen molar-refractivity contribution in [3.63, 3.8) is 0 Å². The Balaban J connectivity index is 1.41. The van der Waals surface area contributed by atoms with E-state index in [1.54, 1.807) is 24.5 Å². The number of β-amino-alcohol motifs (C(OH)–C–C–N with tert-alkyl or cyclic N) is 1. The lowest BCUT2D eigenvalue weighted by molar-refractivity contribution is -0.135. The van der Waals surface area contributed by atoms with E-state index in [0.29, 0.717) is 25.4 Å². The highest BCUT2D eigenvalue weighted by atomic mass is 16.5. The highest BCUT2D eigenvalue weighted by Crippen LogP contribution is 2.15. The second-order valence-electron chi connectivity index (χ2n) is 6.09. The van der Waals surface area contributed by atoms with Gasteiger partial charge in [0.1, 0.15) is 5.75 Å². The third-order valence-corrected chi connectivity index (χ3v) is 4.34. The Morgan fingerprint density at radius 1 is 1.12 bits per heavy atom. The van der Waals surface area contributed by atoms with Gasteiger partial charge in [-0.05, 0) is 17.7 Å². The maximum Gasteiger partial charge on any atom is 0.260 e. The van der Waals surface area contributed by atoms with E-state index in [-0.39, 0.29) is 12.5 Å². The predicted octanol–water partition coefficient (Wildman–Crippen LogP) is 1.34. The fourth-order valence-electron chi connectivity index (χ4n) is 2.87. The van der Waals surface area contributed by atoms with Crippen molar-refractivity contribution < 1.29 is 14.6 Å². The number of hydrogen-bond acceptors (Lipinski definition) is 5. The average molecular weight is 341 g/mol. The molecule has 6 nitrogen and oxygen atoms in total. The zero-order valence-corrected chi connectivity index (χ0v) is 14.1. The van der Waals surface area contributed by atoms with Crippen molar-refractivity contribution in [1.82, 2.24) is 14.8 Å². The number of aromatic nitrogens is 1. The minimum Gasteiger partial charge on any atom is -0.482 e. The largest absolute Gasteiger partial charge is 0.482 e. The molecule has 132 valence electrons. The summed E-state index contributed by atoms with van der Waals surface area (Å²) in [6, 6.07) is 13.2. The molecule has 25 heavy (non-hydrogen) atoms. The molecule has 1 N–H and O–H groups in total. The minimum atomic E-state index is -0.502. The van der Waals surface area contributed by atoms with E-state index >= 15 is 0 Å². The minimum absolute atomic E-state index is 0.0212. The first-order chi connectivity index (χ1) is 12.2. The normalized spacial score (nSPS) is 16.4. The first-order valence-electron chi connectivity index (χ1n) is 8.48. The van der Waals surface area contributed by atoms with Gasteiger partial charge in [0.2, 0.25) is 0 Å². The van der Waals surface area contributed by atoms with Crippen LogP contribution in [0.2, 0.25) is 0 Å². The van der Waals surface area contributed by atoms with Gasteiger partial charge in [0.15, 0.2) is 6.61 Å². The fraction of sp³-hybridized carbons (Fsp3) is 0.368. The Morgan fingerprint density at radius 3 is 2.56 bits per heavy atom. The maximum atomic E-state index is 12.2. The quantitative estimate of drug-likeness (QED) is 0.859. The van der Waals surface area contributed by atoms with Crippen LogP contribution in [-0.4, -0.2) is 65.1 Å². The second-order valence-corrected chi connectivity index (χ2v) is 6.09. The topological polar surface area (TPSA) is 65.9 Å².